The summed E-state index contributed by atoms with van der Waals surface area (Å²) in [7, 11) is 0. The average Bonchev–Trinajstić information content (AvgIpc) is 2.64. The van der Waals surface area contributed by atoms with Crippen LogP contribution < -0.4 is 5.32 Å². The highest BCUT2D eigenvalue weighted by atomic mass is 35.5. The van der Waals surface area contributed by atoms with Gasteiger partial charge in [0.1, 0.15) is 6.04 Å². The van der Waals surface area contributed by atoms with E-state index in [9.17, 15) is 9.59 Å². The van der Waals surface area contributed by atoms with Crippen molar-refractivity contribution in [3.8, 4) is 0 Å². The first-order chi connectivity index (χ1) is 12.9. The van der Waals surface area contributed by atoms with E-state index < -0.39 is 6.04 Å². The normalized spacial score (nSPS) is 11.9. The minimum Gasteiger partial charge on any atom is -0.354 e. The quantitative estimate of drug-likeness (QED) is 0.743. The Morgan fingerprint density at radius 3 is 2.30 bits per heavy atom. The molecule has 0 aliphatic heterocycles. The SMILES string of the molecule is CC(C)CNC(=O)[C@H](C)N(Cc1ccccc1)C(=O)Cc1cccc(Cl)c1. The van der Waals surface area contributed by atoms with E-state index in [1.165, 1.54) is 0 Å². The van der Waals surface area contributed by atoms with Crippen molar-refractivity contribution >= 4 is 23.4 Å². The van der Waals surface area contributed by atoms with E-state index in [4.69, 9.17) is 11.6 Å². The minimum atomic E-state index is -0.560. The molecule has 0 saturated carbocycles. The van der Waals surface area contributed by atoms with Gasteiger partial charge in [0.05, 0.1) is 6.42 Å². The van der Waals surface area contributed by atoms with E-state index in [0.717, 1.165) is 11.1 Å². The zero-order chi connectivity index (χ0) is 19.8. The van der Waals surface area contributed by atoms with Gasteiger partial charge in [-0.25, -0.2) is 0 Å². The van der Waals surface area contributed by atoms with Gasteiger partial charge in [-0.2, -0.15) is 0 Å². The number of benzene rings is 2. The van der Waals surface area contributed by atoms with Gasteiger partial charge in [-0.15, -0.1) is 0 Å². The van der Waals surface area contributed by atoms with E-state index in [1.54, 1.807) is 24.0 Å². The van der Waals surface area contributed by atoms with Crippen LogP contribution in [0.25, 0.3) is 0 Å². The zero-order valence-electron chi connectivity index (χ0n) is 16.1. The van der Waals surface area contributed by atoms with Gasteiger partial charge >= 0.3 is 0 Å². The summed E-state index contributed by atoms with van der Waals surface area (Å²) < 4.78 is 0. The fraction of sp³-hybridized carbons (Fsp3) is 0.364. The highest BCUT2D eigenvalue weighted by Crippen LogP contribution is 2.15. The van der Waals surface area contributed by atoms with Crippen LogP contribution in [0.1, 0.15) is 31.9 Å². The molecule has 1 atom stereocenters. The van der Waals surface area contributed by atoms with Crippen molar-refractivity contribution in [1.82, 2.24) is 10.2 Å². The van der Waals surface area contributed by atoms with Crippen LogP contribution in [0.15, 0.2) is 54.6 Å². The molecule has 0 heterocycles. The van der Waals surface area contributed by atoms with Crippen LogP contribution in [-0.4, -0.2) is 29.3 Å². The van der Waals surface area contributed by atoms with E-state index in [1.807, 2.05) is 56.3 Å². The van der Waals surface area contributed by atoms with Gasteiger partial charge in [0.15, 0.2) is 0 Å². The Kier molecular flexibility index (Phi) is 7.86. The second-order valence-electron chi connectivity index (χ2n) is 7.13. The maximum atomic E-state index is 13.0. The summed E-state index contributed by atoms with van der Waals surface area (Å²) in [6.45, 7) is 6.82. The Morgan fingerprint density at radius 1 is 1.00 bits per heavy atom. The van der Waals surface area contributed by atoms with Crippen LogP contribution in [0.3, 0.4) is 0 Å². The number of hydrogen-bond acceptors (Lipinski definition) is 2. The van der Waals surface area contributed by atoms with Crippen molar-refractivity contribution < 1.29 is 9.59 Å². The molecule has 2 rings (SSSR count). The molecule has 144 valence electrons. The van der Waals surface area contributed by atoms with E-state index in [-0.39, 0.29) is 18.2 Å². The summed E-state index contributed by atoms with van der Waals surface area (Å²) in [6, 6.07) is 16.4. The molecule has 0 aromatic heterocycles. The third-order valence-electron chi connectivity index (χ3n) is 4.29. The molecule has 0 aliphatic rings. The first-order valence-electron chi connectivity index (χ1n) is 9.22. The molecule has 5 heteroatoms. The van der Waals surface area contributed by atoms with Crippen LogP contribution >= 0.6 is 11.6 Å². The van der Waals surface area contributed by atoms with Crippen molar-refractivity contribution in [2.75, 3.05) is 6.54 Å². The zero-order valence-corrected chi connectivity index (χ0v) is 16.9. The van der Waals surface area contributed by atoms with Gasteiger partial charge in [-0.1, -0.05) is 67.9 Å². The molecular weight excluding hydrogens is 360 g/mol. The molecule has 0 fully saturated rings. The molecule has 27 heavy (non-hydrogen) atoms. The van der Waals surface area contributed by atoms with Crippen molar-refractivity contribution in [3.63, 3.8) is 0 Å². The summed E-state index contributed by atoms with van der Waals surface area (Å²) in [6.07, 6.45) is 0.204. The molecule has 0 spiro atoms. The molecular formula is C22H27ClN2O2. The number of hydrogen-bond donors (Lipinski definition) is 1. The number of carbonyl (C=O) groups excluding carboxylic acids is 2. The summed E-state index contributed by atoms with van der Waals surface area (Å²) in [4.78, 5) is 27.2. The van der Waals surface area contributed by atoms with Gasteiger partial charge in [0, 0.05) is 18.1 Å². The molecule has 0 radical (unpaired) electrons. The number of rotatable bonds is 8. The fourth-order valence-corrected chi connectivity index (χ4v) is 2.95. The topological polar surface area (TPSA) is 49.4 Å². The Labute approximate surface area is 166 Å². The second kappa shape index (κ2) is 10.1. The van der Waals surface area contributed by atoms with E-state index in [0.29, 0.717) is 24.0 Å². The third-order valence-corrected chi connectivity index (χ3v) is 4.53. The maximum absolute atomic E-state index is 13.0. The van der Waals surface area contributed by atoms with Crippen LogP contribution in [0, 0.1) is 5.92 Å². The fourth-order valence-electron chi connectivity index (χ4n) is 2.74. The minimum absolute atomic E-state index is 0.103. The van der Waals surface area contributed by atoms with Gasteiger partial charge in [-0.3, -0.25) is 9.59 Å². The average molecular weight is 387 g/mol. The molecule has 0 aliphatic carbocycles. The molecule has 1 N–H and O–H groups in total. The monoisotopic (exact) mass is 386 g/mol. The van der Waals surface area contributed by atoms with Crippen LogP contribution in [0.2, 0.25) is 5.02 Å². The van der Waals surface area contributed by atoms with Crippen molar-refractivity contribution in [2.45, 2.75) is 39.8 Å². The number of amides is 2. The molecule has 4 nitrogen and oxygen atoms in total. The first kappa shape index (κ1) is 21.0. The number of nitrogens with zero attached hydrogens (tertiary/aromatic N) is 1. The van der Waals surface area contributed by atoms with Crippen LogP contribution in [-0.2, 0) is 22.6 Å². The first-order valence-corrected chi connectivity index (χ1v) is 9.60. The Hall–Kier alpha value is -2.33. The second-order valence-corrected chi connectivity index (χ2v) is 7.57. The highest BCUT2D eigenvalue weighted by Gasteiger charge is 2.26. The maximum Gasteiger partial charge on any atom is 0.242 e. The molecule has 0 unspecified atom stereocenters. The van der Waals surface area contributed by atoms with Crippen molar-refractivity contribution in [1.29, 1.82) is 0 Å². The molecule has 2 amide bonds. The lowest BCUT2D eigenvalue weighted by atomic mass is 10.1. The third kappa shape index (κ3) is 6.72. The van der Waals surface area contributed by atoms with Gasteiger partial charge < -0.3 is 10.2 Å². The van der Waals surface area contributed by atoms with Gasteiger partial charge in [-0.05, 0) is 36.1 Å². The number of halogens is 1. The van der Waals surface area contributed by atoms with E-state index >= 15 is 0 Å². The highest BCUT2D eigenvalue weighted by molar-refractivity contribution is 6.30. The predicted octanol–water partition coefficient (Wildman–Crippen LogP) is 4.07. The summed E-state index contributed by atoms with van der Waals surface area (Å²) >= 11 is 6.03. The van der Waals surface area contributed by atoms with Crippen LogP contribution in [0.4, 0.5) is 0 Å². The molecule has 2 aromatic rings. The van der Waals surface area contributed by atoms with E-state index in [2.05, 4.69) is 5.32 Å². The Morgan fingerprint density at radius 2 is 1.67 bits per heavy atom. The standard InChI is InChI=1S/C22H27ClN2O2/c1-16(2)14-24-22(27)17(3)25(15-18-8-5-4-6-9-18)21(26)13-19-10-7-11-20(23)12-19/h4-12,16-17H,13-15H2,1-3H3,(H,24,27)/t17-/m0/s1. The summed E-state index contributed by atoms with van der Waals surface area (Å²) in [5, 5.41) is 3.52. The lowest BCUT2D eigenvalue weighted by Gasteiger charge is -2.29. The predicted molar refractivity (Wildman–Crippen MR) is 109 cm³/mol. The van der Waals surface area contributed by atoms with Gasteiger partial charge in [0.2, 0.25) is 11.8 Å². The molecule has 0 saturated heterocycles. The van der Waals surface area contributed by atoms with Gasteiger partial charge in [0.25, 0.3) is 0 Å². The summed E-state index contributed by atoms with van der Waals surface area (Å²) in [5.41, 5.74) is 1.82. The number of nitrogens with one attached hydrogen (secondary N) is 1. The smallest absolute Gasteiger partial charge is 0.242 e. The number of carbonyl (C=O) groups is 2. The molecule has 0 bridgehead atoms. The largest absolute Gasteiger partial charge is 0.354 e. The lowest BCUT2D eigenvalue weighted by Crippen LogP contribution is -2.48. The van der Waals surface area contributed by atoms with Crippen LogP contribution in [0.5, 0.6) is 0 Å². The summed E-state index contributed by atoms with van der Waals surface area (Å²) in [5.74, 6) is 0.110. The Balaban J connectivity index is 2.17. The van der Waals surface area contributed by atoms with Crippen molar-refractivity contribution in [3.05, 3.63) is 70.7 Å². The lowest BCUT2D eigenvalue weighted by molar-refractivity contribution is -0.140. The Bertz CT molecular complexity index is 762. The van der Waals surface area contributed by atoms with Crippen molar-refractivity contribution in [2.24, 2.45) is 5.92 Å². The molecule has 2 aromatic carbocycles.